The van der Waals surface area contributed by atoms with Gasteiger partial charge in [-0.25, -0.2) is 0 Å². The molecule has 7 nitrogen and oxygen atoms in total. The summed E-state index contributed by atoms with van der Waals surface area (Å²) in [5.41, 5.74) is 1.45. The second kappa shape index (κ2) is 8.00. The number of nitro benzene ring substituents is 1. The molecule has 1 aliphatic heterocycles. The van der Waals surface area contributed by atoms with E-state index >= 15 is 0 Å². The molecule has 3 rings (SSSR count). The Morgan fingerprint density at radius 3 is 2.38 bits per heavy atom. The molecule has 0 radical (unpaired) electrons. The molecule has 26 heavy (non-hydrogen) atoms. The topological polar surface area (TPSA) is 78.7 Å². The molecule has 1 saturated heterocycles. The first-order valence-corrected chi connectivity index (χ1v) is 9.31. The lowest BCUT2D eigenvalue weighted by molar-refractivity contribution is -0.384. The van der Waals surface area contributed by atoms with Crippen LogP contribution in [0.5, 0.6) is 0 Å². The standard InChI is InChI=1S/C18H19IN4O3/c1-21-8-10-22(11-9-21)16-7-2-13(12-17(16)23(25)26)18(24)20-15-5-3-14(19)4-6-15/h2-7,12H,8-11H2,1H3,(H,20,24). The predicted molar refractivity (Wildman–Crippen MR) is 110 cm³/mol. The molecular formula is C18H19IN4O3. The van der Waals surface area contributed by atoms with Crippen LogP contribution in [0.4, 0.5) is 17.1 Å². The van der Waals surface area contributed by atoms with Gasteiger partial charge in [0.15, 0.2) is 0 Å². The Bertz CT molecular complexity index is 818. The molecule has 0 aromatic heterocycles. The van der Waals surface area contributed by atoms with Crippen molar-refractivity contribution in [3.05, 3.63) is 61.7 Å². The van der Waals surface area contributed by atoms with Crippen LogP contribution in [0.3, 0.4) is 0 Å². The third-order valence-electron chi connectivity index (χ3n) is 4.38. The predicted octanol–water partition coefficient (Wildman–Crippen LogP) is 3.20. The first kappa shape index (κ1) is 18.6. The highest BCUT2D eigenvalue weighted by Crippen LogP contribution is 2.30. The number of amides is 1. The molecule has 0 atom stereocenters. The van der Waals surface area contributed by atoms with Crippen molar-refractivity contribution in [1.29, 1.82) is 0 Å². The molecule has 1 fully saturated rings. The van der Waals surface area contributed by atoms with Gasteiger partial charge in [0.1, 0.15) is 5.69 Å². The van der Waals surface area contributed by atoms with E-state index in [9.17, 15) is 14.9 Å². The van der Waals surface area contributed by atoms with Gasteiger partial charge in [0.05, 0.1) is 4.92 Å². The highest BCUT2D eigenvalue weighted by Gasteiger charge is 2.24. The van der Waals surface area contributed by atoms with Crippen LogP contribution < -0.4 is 10.2 Å². The maximum Gasteiger partial charge on any atom is 0.293 e. The van der Waals surface area contributed by atoms with Crippen LogP contribution in [-0.2, 0) is 0 Å². The molecule has 0 unspecified atom stereocenters. The van der Waals surface area contributed by atoms with Crippen molar-refractivity contribution in [2.45, 2.75) is 0 Å². The lowest BCUT2D eigenvalue weighted by atomic mass is 10.1. The molecule has 136 valence electrons. The van der Waals surface area contributed by atoms with Gasteiger partial charge in [-0.2, -0.15) is 0 Å². The molecule has 2 aromatic carbocycles. The number of likely N-dealkylation sites (N-methyl/N-ethyl adjacent to an activating group) is 1. The summed E-state index contributed by atoms with van der Waals surface area (Å²) in [4.78, 5) is 27.7. The van der Waals surface area contributed by atoms with Gasteiger partial charge in [0.2, 0.25) is 0 Å². The summed E-state index contributed by atoms with van der Waals surface area (Å²) in [7, 11) is 2.03. The minimum Gasteiger partial charge on any atom is -0.363 e. The quantitative estimate of drug-likeness (QED) is 0.426. The number of nitro groups is 1. The Balaban J connectivity index is 1.82. The van der Waals surface area contributed by atoms with Crippen LogP contribution in [0.15, 0.2) is 42.5 Å². The number of hydrogen-bond donors (Lipinski definition) is 1. The number of rotatable bonds is 4. The number of piperazine rings is 1. The molecule has 8 heteroatoms. The summed E-state index contributed by atoms with van der Waals surface area (Å²) in [5.74, 6) is -0.362. The van der Waals surface area contributed by atoms with Crippen molar-refractivity contribution in [2.24, 2.45) is 0 Å². The molecule has 0 saturated carbocycles. The van der Waals surface area contributed by atoms with Gasteiger partial charge >= 0.3 is 0 Å². The van der Waals surface area contributed by atoms with Crippen molar-refractivity contribution in [3.63, 3.8) is 0 Å². The summed E-state index contributed by atoms with van der Waals surface area (Å²) in [6.45, 7) is 3.16. The van der Waals surface area contributed by atoms with Crippen molar-refractivity contribution in [1.82, 2.24) is 4.90 Å². The molecule has 1 heterocycles. The second-order valence-electron chi connectivity index (χ2n) is 6.21. The highest BCUT2D eigenvalue weighted by atomic mass is 127. The van der Waals surface area contributed by atoms with Crippen LogP contribution in [0.2, 0.25) is 0 Å². The number of halogens is 1. The zero-order chi connectivity index (χ0) is 18.7. The van der Waals surface area contributed by atoms with E-state index in [4.69, 9.17) is 0 Å². The summed E-state index contributed by atoms with van der Waals surface area (Å²) >= 11 is 2.18. The normalized spacial score (nSPS) is 14.9. The smallest absolute Gasteiger partial charge is 0.293 e. The van der Waals surface area contributed by atoms with Gasteiger partial charge in [-0.1, -0.05) is 0 Å². The van der Waals surface area contributed by atoms with Gasteiger partial charge in [0, 0.05) is 47.1 Å². The Labute approximate surface area is 165 Å². The third kappa shape index (κ3) is 4.31. The van der Waals surface area contributed by atoms with E-state index in [2.05, 4.69) is 32.8 Å². The molecule has 1 amide bonds. The number of carbonyl (C=O) groups excluding carboxylic acids is 1. The fraction of sp³-hybridized carbons (Fsp3) is 0.278. The minimum absolute atomic E-state index is 0.0372. The van der Waals surface area contributed by atoms with Gasteiger partial charge in [-0.15, -0.1) is 0 Å². The summed E-state index contributed by atoms with van der Waals surface area (Å²) in [6, 6.07) is 12.0. The number of nitrogens with one attached hydrogen (secondary N) is 1. The van der Waals surface area contributed by atoms with E-state index in [1.165, 1.54) is 6.07 Å². The zero-order valence-electron chi connectivity index (χ0n) is 14.3. The van der Waals surface area contributed by atoms with E-state index in [1.807, 2.05) is 24.1 Å². The minimum atomic E-state index is -0.421. The summed E-state index contributed by atoms with van der Waals surface area (Å²) in [5, 5.41) is 14.3. The van der Waals surface area contributed by atoms with Crippen LogP contribution in [0, 0.1) is 13.7 Å². The SMILES string of the molecule is CN1CCN(c2ccc(C(=O)Nc3ccc(I)cc3)cc2[N+](=O)[O-])CC1. The average Bonchev–Trinajstić information content (AvgIpc) is 2.63. The number of carbonyl (C=O) groups is 1. The van der Waals surface area contributed by atoms with Crippen LogP contribution >= 0.6 is 22.6 Å². The number of benzene rings is 2. The molecule has 0 spiro atoms. The van der Waals surface area contributed by atoms with Crippen LogP contribution in [0.1, 0.15) is 10.4 Å². The molecule has 0 aliphatic carbocycles. The summed E-state index contributed by atoms with van der Waals surface area (Å²) < 4.78 is 1.06. The first-order valence-electron chi connectivity index (χ1n) is 8.23. The van der Waals surface area contributed by atoms with Crippen molar-refractivity contribution in [3.8, 4) is 0 Å². The molecule has 1 aliphatic rings. The van der Waals surface area contributed by atoms with E-state index < -0.39 is 4.92 Å². The van der Waals surface area contributed by atoms with Crippen LogP contribution in [-0.4, -0.2) is 49.0 Å². The largest absolute Gasteiger partial charge is 0.363 e. The highest BCUT2D eigenvalue weighted by molar-refractivity contribution is 14.1. The Kier molecular flexibility index (Phi) is 5.72. The monoisotopic (exact) mass is 466 g/mol. The number of nitrogens with zero attached hydrogens (tertiary/aromatic N) is 3. The van der Waals surface area contributed by atoms with Crippen molar-refractivity contribution >= 4 is 45.6 Å². The van der Waals surface area contributed by atoms with Crippen molar-refractivity contribution < 1.29 is 9.72 Å². The van der Waals surface area contributed by atoms with E-state index in [-0.39, 0.29) is 17.2 Å². The molecule has 2 aromatic rings. The maximum atomic E-state index is 12.4. The second-order valence-corrected chi connectivity index (χ2v) is 7.46. The van der Waals surface area contributed by atoms with Gasteiger partial charge in [-0.05, 0) is 66.0 Å². The lowest BCUT2D eigenvalue weighted by Crippen LogP contribution is -2.44. The Morgan fingerprint density at radius 2 is 1.77 bits per heavy atom. The Morgan fingerprint density at radius 1 is 1.12 bits per heavy atom. The Hall–Kier alpha value is -2.20. The zero-order valence-corrected chi connectivity index (χ0v) is 16.5. The van der Waals surface area contributed by atoms with Gasteiger partial charge < -0.3 is 15.1 Å². The van der Waals surface area contributed by atoms with Crippen LogP contribution in [0.25, 0.3) is 0 Å². The van der Waals surface area contributed by atoms with Gasteiger partial charge in [0.25, 0.3) is 11.6 Å². The lowest BCUT2D eigenvalue weighted by Gasteiger charge is -2.33. The van der Waals surface area contributed by atoms with E-state index in [0.29, 0.717) is 11.4 Å². The number of hydrogen-bond acceptors (Lipinski definition) is 5. The molecular weight excluding hydrogens is 447 g/mol. The first-order chi connectivity index (χ1) is 12.4. The summed E-state index contributed by atoms with van der Waals surface area (Å²) in [6.07, 6.45) is 0. The maximum absolute atomic E-state index is 12.4. The fourth-order valence-corrected chi connectivity index (χ4v) is 3.22. The van der Waals surface area contributed by atoms with E-state index in [0.717, 1.165) is 29.7 Å². The van der Waals surface area contributed by atoms with Gasteiger partial charge in [-0.3, -0.25) is 14.9 Å². The van der Waals surface area contributed by atoms with E-state index in [1.54, 1.807) is 24.3 Å². The van der Waals surface area contributed by atoms with Crippen molar-refractivity contribution in [2.75, 3.05) is 43.4 Å². The number of anilines is 2. The average molecular weight is 466 g/mol. The third-order valence-corrected chi connectivity index (χ3v) is 5.10. The molecule has 1 N–H and O–H groups in total. The fourth-order valence-electron chi connectivity index (χ4n) is 2.86. The molecule has 0 bridgehead atoms.